The van der Waals surface area contributed by atoms with Gasteiger partial charge in [0.05, 0.1) is 22.9 Å². The van der Waals surface area contributed by atoms with E-state index < -0.39 is 0 Å². The number of para-hydroxylation sites is 1. The lowest BCUT2D eigenvalue weighted by Crippen LogP contribution is -1.79. The Morgan fingerprint density at radius 3 is 2.30 bits per heavy atom. The maximum Gasteiger partial charge on any atom is 0.114 e. The van der Waals surface area contributed by atoms with E-state index in [2.05, 4.69) is 32.1 Å². The molecule has 0 saturated carbocycles. The van der Waals surface area contributed by atoms with Crippen molar-refractivity contribution < 1.29 is 0 Å². The minimum Gasteiger partial charge on any atom is -0.345 e. The summed E-state index contributed by atoms with van der Waals surface area (Å²) in [6, 6.07) is 20.1. The first-order valence-electron chi connectivity index (χ1n) is 7.38. The number of nitrogens with zero attached hydrogens (tertiary/aromatic N) is 3. The van der Waals surface area contributed by atoms with Crippen molar-refractivity contribution in [2.24, 2.45) is 0 Å². The molecule has 0 amide bonds. The van der Waals surface area contributed by atoms with Crippen LogP contribution in [0.1, 0.15) is 0 Å². The molecular weight excluding hydrogens is 284 g/mol. The minimum atomic E-state index is 0.943. The molecule has 0 aliphatic carbocycles. The molecule has 3 heterocycles. The highest BCUT2D eigenvalue weighted by Crippen LogP contribution is 2.19. The lowest BCUT2D eigenvalue weighted by Gasteiger charge is -1.95. The molecule has 110 valence electrons. The van der Waals surface area contributed by atoms with Gasteiger partial charge in [0.25, 0.3) is 0 Å². The second kappa shape index (κ2) is 5.85. The Bertz CT molecular complexity index is 1020. The van der Waals surface area contributed by atoms with E-state index in [4.69, 9.17) is 0 Å². The summed E-state index contributed by atoms with van der Waals surface area (Å²) in [6.07, 6.45) is 5.29. The fourth-order valence-electron chi connectivity index (χ4n) is 2.56. The minimum absolute atomic E-state index is 0.943. The standard InChI is InChI=1S/C10H7N3.C9H7N/c1-2-7-3-4-8-10(13-6-12-8)9(7)11-5-1;1-2-6-9-8(4-1)5-3-7-10-9/h1-6H,(H,12,13);1-7H. The molecule has 0 aliphatic heterocycles. The normalized spacial score (nSPS) is 10.6. The molecule has 0 aliphatic rings. The quantitative estimate of drug-likeness (QED) is 0.462. The van der Waals surface area contributed by atoms with Gasteiger partial charge in [-0.3, -0.25) is 9.97 Å². The van der Waals surface area contributed by atoms with Gasteiger partial charge in [-0.1, -0.05) is 36.4 Å². The van der Waals surface area contributed by atoms with E-state index in [0.717, 1.165) is 27.5 Å². The number of hydrogen-bond donors (Lipinski definition) is 1. The largest absolute Gasteiger partial charge is 0.345 e. The summed E-state index contributed by atoms with van der Waals surface area (Å²) in [4.78, 5) is 15.8. The summed E-state index contributed by atoms with van der Waals surface area (Å²) in [6.45, 7) is 0. The summed E-state index contributed by atoms with van der Waals surface area (Å²) in [5.74, 6) is 0. The molecule has 5 rings (SSSR count). The van der Waals surface area contributed by atoms with Crippen molar-refractivity contribution in [2.45, 2.75) is 0 Å². The molecule has 0 fully saturated rings. The Morgan fingerprint density at radius 1 is 0.609 bits per heavy atom. The maximum absolute atomic E-state index is 4.30. The van der Waals surface area contributed by atoms with Crippen LogP contribution in [0.2, 0.25) is 0 Å². The SMILES string of the molecule is c1ccc2ncccc2c1.c1cnc2c(c1)ccc1[nH]cnc12. The number of pyridine rings is 2. The average Bonchev–Trinajstić information content (AvgIpc) is 3.12. The van der Waals surface area contributed by atoms with Crippen LogP contribution in [0, 0.1) is 0 Å². The third-order valence-electron chi connectivity index (χ3n) is 3.67. The molecule has 0 saturated heterocycles. The van der Waals surface area contributed by atoms with Crippen molar-refractivity contribution in [2.75, 3.05) is 0 Å². The van der Waals surface area contributed by atoms with Crippen LogP contribution in [0.25, 0.3) is 32.8 Å². The molecule has 23 heavy (non-hydrogen) atoms. The van der Waals surface area contributed by atoms with E-state index in [1.165, 1.54) is 5.39 Å². The van der Waals surface area contributed by atoms with Gasteiger partial charge in [-0.15, -0.1) is 0 Å². The second-order valence-electron chi connectivity index (χ2n) is 5.14. The average molecular weight is 298 g/mol. The number of hydrogen-bond acceptors (Lipinski definition) is 3. The van der Waals surface area contributed by atoms with Gasteiger partial charge < -0.3 is 4.98 Å². The third-order valence-corrected chi connectivity index (χ3v) is 3.67. The highest BCUT2D eigenvalue weighted by Gasteiger charge is 2.01. The third kappa shape index (κ3) is 2.62. The van der Waals surface area contributed by atoms with Crippen molar-refractivity contribution in [3.05, 3.63) is 79.4 Å². The lowest BCUT2D eigenvalue weighted by molar-refractivity contribution is 1.34. The van der Waals surface area contributed by atoms with Gasteiger partial charge in [-0.25, -0.2) is 4.98 Å². The van der Waals surface area contributed by atoms with Crippen molar-refractivity contribution in [3.8, 4) is 0 Å². The fraction of sp³-hybridized carbons (Fsp3) is 0. The van der Waals surface area contributed by atoms with Crippen LogP contribution in [0.5, 0.6) is 0 Å². The molecule has 0 unspecified atom stereocenters. The first kappa shape index (κ1) is 13.4. The predicted molar refractivity (Wildman–Crippen MR) is 93.1 cm³/mol. The number of aromatic amines is 1. The van der Waals surface area contributed by atoms with Crippen molar-refractivity contribution >= 4 is 32.8 Å². The zero-order valence-electron chi connectivity index (χ0n) is 12.3. The molecule has 0 spiro atoms. The Hall–Kier alpha value is -3.27. The van der Waals surface area contributed by atoms with Crippen LogP contribution in [0.3, 0.4) is 0 Å². The summed E-state index contributed by atoms with van der Waals surface area (Å²) in [5.41, 5.74) is 4.00. The van der Waals surface area contributed by atoms with E-state index >= 15 is 0 Å². The molecule has 3 aromatic heterocycles. The first-order valence-corrected chi connectivity index (χ1v) is 7.38. The number of rotatable bonds is 0. The number of H-pyrrole nitrogens is 1. The number of benzene rings is 2. The van der Waals surface area contributed by atoms with E-state index in [9.17, 15) is 0 Å². The van der Waals surface area contributed by atoms with E-state index in [-0.39, 0.29) is 0 Å². The number of aromatic nitrogens is 4. The van der Waals surface area contributed by atoms with Gasteiger partial charge >= 0.3 is 0 Å². The molecule has 0 atom stereocenters. The second-order valence-corrected chi connectivity index (χ2v) is 5.14. The van der Waals surface area contributed by atoms with Gasteiger partial charge in [-0.2, -0.15) is 0 Å². The number of fused-ring (bicyclic) bond motifs is 4. The van der Waals surface area contributed by atoms with Crippen LogP contribution >= 0.6 is 0 Å². The van der Waals surface area contributed by atoms with Crippen LogP contribution in [-0.2, 0) is 0 Å². The molecule has 4 nitrogen and oxygen atoms in total. The molecule has 0 radical (unpaired) electrons. The van der Waals surface area contributed by atoms with Crippen LogP contribution < -0.4 is 0 Å². The zero-order chi connectivity index (χ0) is 15.5. The van der Waals surface area contributed by atoms with Gasteiger partial charge in [-0.05, 0) is 24.3 Å². The van der Waals surface area contributed by atoms with Gasteiger partial charge in [0.15, 0.2) is 0 Å². The van der Waals surface area contributed by atoms with Gasteiger partial charge in [0, 0.05) is 23.2 Å². The predicted octanol–water partition coefficient (Wildman–Crippen LogP) is 4.35. The van der Waals surface area contributed by atoms with Crippen LogP contribution in [-0.4, -0.2) is 19.9 Å². The maximum atomic E-state index is 4.30. The van der Waals surface area contributed by atoms with E-state index in [1.54, 1.807) is 12.5 Å². The van der Waals surface area contributed by atoms with Crippen molar-refractivity contribution in [3.63, 3.8) is 0 Å². The molecule has 4 heteroatoms. The molecule has 0 bridgehead atoms. The Kier molecular flexibility index (Phi) is 3.41. The van der Waals surface area contributed by atoms with Gasteiger partial charge in [0.1, 0.15) is 5.52 Å². The summed E-state index contributed by atoms with van der Waals surface area (Å²) in [7, 11) is 0. The Balaban J connectivity index is 0.000000122. The summed E-state index contributed by atoms with van der Waals surface area (Å²) < 4.78 is 0. The smallest absolute Gasteiger partial charge is 0.114 e. The fourth-order valence-corrected chi connectivity index (χ4v) is 2.56. The number of nitrogens with one attached hydrogen (secondary N) is 1. The molecule has 1 N–H and O–H groups in total. The monoisotopic (exact) mass is 298 g/mol. The van der Waals surface area contributed by atoms with Crippen LogP contribution in [0.15, 0.2) is 79.4 Å². The van der Waals surface area contributed by atoms with Crippen molar-refractivity contribution in [1.29, 1.82) is 0 Å². The number of imidazole rings is 1. The van der Waals surface area contributed by atoms with E-state index in [1.807, 2.05) is 54.7 Å². The van der Waals surface area contributed by atoms with Crippen molar-refractivity contribution in [1.82, 2.24) is 19.9 Å². The van der Waals surface area contributed by atoms with E-state index in [0.29, 0.717) is 0 Å². The molecular formula is C19H14N4. The summed E-state index contributed by atoms with van der Waals surface area (Å²) >= 11 is 0. The Morgan fingerprint density at radius 2 is 1.39 bits per heavy atom. The first-order chi connectivity index (χ1) is 11.4. The lowest BCUT2D eigenvalue weighted by atomic mass is 10.2. The topological polar surface area (TPSA) is 54.5 Å². The molecule has 5 aromatic rings. The van der Waals surface area contributed by atoms with Gasteiger partial charge in [0.2, 0.25) is 0 Å². The highest BCUT2D eigenvalue weighted by atomic mass is 14.9. The zero-order valence-corrected chi connectivity index (χ0v) is 12.3. The van der Waals surface area contributed by atoms with Crippen LogP contribution in [0.4, 0.5) is 0 Å². The summed E-state index contributed by atoms with van der Waals surface area (Å²) in [5, 5.41) is 2.33. The highest BCUT2D eigenvalue weighted by molar-refractivity contribution is 6.01. The molecule has 2 aromatic carbocycles. The Labute approximate surface area is 132 Å².